The molecule has 5 heteroatoms. The van der Waals surface area contributed by atoms with Crippen molar-refractivity contribution in [3.63, 3.8) is 0 Å². The Morgan fingerprint density at radius 3 is 2.47 bits per heavy atom. The number of hydrogen-bond donors (Lipinski definition) is 0. The number of rotatable bonds is 0. The van der Waals surface area contributed by atoms with Gasteiger partial charge in [0, 0.05) is 10.0 Å². The third-order valence-corrected chi connectivity index (χ3v) is 5.64. The summed E-state index contributed by atoms with van der Waals surface area (Å²) in [6.07, 6.45) is 0. The number of benzene rings is 1. The number of hydrogen-bond acceptors (Lipinski definition) is 3. The van der Waals surface area contributed by atoms with Gasteiger partial charge in [-0.2, -0.15) is 0 Å². The van der Waals surface area contributed by atoms with E-state index < -0.39 is 14.6 Å². The highest BCUT2D eigenvalue weighted by atomic mass is 79.9. The van der Waals surface area contributed by atoms with Gasteiger partial charge in [-0.3, -0.25) is 4.79 Å². The van der Waals surface area contributed by atoms with Crippen LogP contribution < -0.4 is 0 Å². The number of sulfone groups is 1. The smallest absolute Gasteiger partial charge is 0.191 e. The molecule has 0 amide bonds. The normalized spacial score (nSPS) is 21.4. The van der Waals surface area contributed by atoms with E-state index in [1.807, 2.05) is 0 Å². The van der Waals surface area contributed by atoms with Crippen molar-refractivity contribution < 1.29 is 13.2 Å². The van der Waals surface area contributed by atoms with Gasteiger partial charge in [0.2, 0.25) is 0 Å². The Morgan fingerprint density at radius 1 is 1.27 bits per heavy atom. The summed E-state index contributed by atoms with van der Waals surface area (Å²) in [5.41, 5.74) is 0.295. The van der Waals surface area contributed by atoms with Crippen LogP contribution in [0.2, 0.25) is 0 Å². The number of Topliss-reactive ketones (excluding diaryl/α,β-unsaturated/α-hetero) is 1. The first-order chi connectivity index (χ1) is 6.78. The Balaban J connectivity index is 2.87. The molecule has 0 bridgehead atoms. The van der Waals surface area contributed by atoms with E-state index in [0.29, 0.717) is 10.0 Å². The molecule has 1 heterocycles. The predicted molar refractivity (Wildman–Crippen MR) is 59.7 cm³/mol. The fraction of sp³-hybridized carbons (Fsp3) is 0.300. The van der Waals surface area contributed by atoms with E-state index in [9.17, 15) is 13.2 Å². The van der Waals surface area contributed by atoms with Crippen LogP contribution in [0.3, 0.4) is 0 Å². The first-order valence-electron chi connectivity index (χ1n) is 4.37. The lowest BCUT2D eigenvalue weighted by atomic mass is 10.0. The van der Waals surface area contributed by atoms with Crippen LogP contribution in [0, 0.1) is 0 Å². The summed E-state index contributed by atoms with van der Waals surface area (Å²) in [4.78, 5) is 12.0. The predicted octanol–water partition coefficient (Wildman–Crippen LogP) is 2.20. The van der Waals surface area contributed by atoms with Gasteiger partial charge >= 0.3 is 0 Å². The molecule has 1 aliphatic heterocycles. The molecule has 15 heavy (non-hydrogen) atoms. The van der Waals surface area contributed by atoms with Gasteiger partial charge in [0.1, 0.15) is 4.75 Å². The zero-order valence-corrected chi connectivity index (χ0v) is 10.6. The average molecular weight is 289 g/mol. The molecule has 0 atom stereocenters. The molecule has 0 saturated carbocycles. The first-order valence-corrected chi connectivity index (χ1v) is 6.65. The number of carbonyl (C=O) groups is 1. The van der Waals surface area contributed by atoms with Crippen molar-refractivity contribution in [3.05, 3.63) is 28.2 Å². The Labute approximate surface area is 96.5 Å². The Bertz CT molecular complexity index is 558. The summed E-state index contributed by atoms with van der Waals surface area (Å²) in [7, 11) is -3.54. The lowest BCUT2D eigenvalue weighted by Crippen LogP contribution is -2.33. The van der Waals surface area contributed by atoms with Gasteiger partial charge in [-0.1, -0.05) is 15.9 Å². The van der Waals surface area contributed by atoms with Crippen LogP contribution in [-0.2, 0) is 9.84 Å². The number of halogens is 1. The van der Waals surface area contributed by atoms with E-state index >= 15 is 0 Å². The molecule has 0 saturated heterocycles. The Hall–Kier alpha value is -0.680. The molecular weight excluding hydrogens is 280 g/mol. The molecular formula is C10H9BrO3S. The van der Waals surface area contributed by atoms with Gasteiger partial charge in [-0.25, -0.2) is 8.42 Å². The van der Waals surface area contributed by atoms with Crippen molar-refractivity contribution in [1.29, 1.82) is 0 Å². The molecule has 1 aliphatic rings. The third kappa shape index (κ3) is 1.23. The van der Waals surface area contributed by atoms with Crippen LogP contribution >= 0.6 is 15.9 Å². The molecule has 0 aromatic heterocycles. The van der Waals surface area contributed by atoms with E-state index in [1.54, 1.807) is 12.1 Å². The molecule has 0 spiro atoms. The van der Waals surface area contributed by atoms with Crippen molar-refractivity contribution in [1.82, 2.24) is 0 Å². The molecule has 1 aromatic rings. The molecule has 0 aliphatic carbocycles. The van der Waals surface area contributed by atoms with E-state index in [1.165, 1.54) is 19.9 Å². The monoisotopic (exact) mass is 288 g/mol. The minimum absolute atomic E-state index is 0.131. The van der Waals surface area contributed by atoms with Crippen molar-refractivity contribution in [2.75, 3.05) is 0 Å². The maximum Gasteiger partial charge on any atom is 0.191 e. The van der Waals surface area contributed by atoms with Gasteiger partial charge in [-0.15, -0.1) is 0 Å². The zero-order chi connectivity index (χ0) is 11.4. The lowest BCUT2D eigenvalue weighted by Gasteiger charge is -2.13. The second kappa shape index (κ2) is 2.92. The van der Waals surface area contributed by atoms with Gasteiger partial charge in [0.05, 0.1) is 4.90 Å². The van der Waals surface area contributed by atoms with Crippen LogP contribution in [-0.4, -0.2) is 18.9 Å². The molecule has 0 unspecified atom stereocenters. The number of fused-ring (bicyclic) bond motifs is 1. The van der Waals surface area contributed by atoms with E-state index in [2.05, 4.69) is 15.9 Å². The average Bonchev–Trinajstić information content (AvgIpc) is 2.27. The van der Waals surface area contributed by atoms with Gasteiger partial charge in [0.25, 0.3) is 0 Å². The van der Waals surface area contributed by atoms with E-state index in [4.69, 9.17) is 0 Å². The molecule has 0 radical (unpaired) electrons. The maximum absolute atomic E-state index is 12.0. The van der Waals surface area contributed by atoms with Crippen molar-refractivity contribution >= 4 is 31.6 Å². The maximum atomic E-state index is 12.0. The fourth-order valence-corrected chi connectivity index (χ4v) is 3.78. The van der Waals surface area contributed by atoms with Crippen molar-refractivity contribution in [2.24, 2.45) is 0 Å². The first kappa shape index (κ1) is 10.8. The standard InChI is InChI=1S/C10H9BrO3S/c1-10(2)9(12)7-4-3-6(11)5-8(7)15(10,13)14/h3-5H,1-2H3. The molecule has 2 rings (SSSR count). The number of ketones is 1. The van der Waals surface area contributed by atoms with E-state index in [-0.39, 0.29) is 10.7 Å². The minimum atomic E-state index is -3.54. The van der Waals surface area contributed by atoms with Gasteiger partial charge < -0.3 is 0 Å². The van der Waals surface area contributed by atoms with Crippen molar-refractivity contribution in [2.45, 2.75) is 23.5 Å². The van der Waals surface area contributed by atoms with E-state index in [0.717, 1.165) is 0 Å². The van der Waals surface area contributed by atoms with Crippen LogP contribution in [0.15, 0.2) is 27.6 Å². The highest BCUT2D eigenvalue weighted by molar-refractivity contribution is 9.10. The molecule has 1 aromatic carbocycles. The molecule has 0 N–H and O–H groups in total. The molecule has 0 fully saturated rings. The molecule has 3 nitrogen and oxygen atoms in total. The number of carbonyl (C=O) groups excluding carboxylic acids is 1. The third-order valence-electron chi connectivity index (χ3n) is 2.70. The lowest BCUT2D eigenvalue weighted by molar-refractivity contribution is 0.0959. The van der Waals surface area contributed by atoms with Crippen LogP contribution in [0.1, 0.15) is 24.2 Å². The quantitative estimate of drug-likeness (QED) is 0.735. The largest absolute Gasteiger partial charge is 0.292 e. The summed E-state index contributed by atoms with van der Waals surface area (Å²) >= 11 is 3.20. The van der Waals surface area contributed by atoms with Gasteiger partial charge in [0.15, 0.2) is 15.6 Å². The van der Waals surface area contributed by atoms with Crippen LogP contribution in [0.4, 0.5) is 0 Å². The summed E-state index contributed by atoms with van der Waals surface area (Å²) in [5.74, 6) is -0.329. The second-order valence-electron chi connectivity index (χ2n) is 3.98. The van der Waals surface area contributed by atoms with Crippen LogP contribution in [0.5, 0.6) is 0 Å². The Morgan fingerprint density at radius 2 is 1.87 bits per heavy atom. The van der Waals surface area contributed by atoms with Crippen molar-refractivity contribution in [3.8, 4) is 0 Å². The topological polar surface area (TPSA) is 51.2 Å². The highest BCUT2D eigenvalue weighted by Gasteiger charge is 2.51. The summed E-state index contributed by atoms with van der Waals surface area (Å²) in [5, 5.41) is 0. The summed E-state index contributed by atoms with van der Waals surface area (Å²) < 4.78 is 23.4. The minimum Gasteiger partial charge on any atom is -0.292 e. The summed E-state index contributed by atoms with van der Waals surface area (Å²) in [6.45, 7) is 2.89. The Kier molecular flexibility index (Phi) is 2.11. The zero-order valence-electron chi connectivity index (χ0n) is 8.24. The SMILES string of the molecule is CC1(C)C(=O)c2ccc(Br)cc2S1(=O)=O. The van der Waals surface area contributed by atoms with Crippen LogP contribution in [0.25, 0.3) is 0 Å². The highest BCUT2D eigenvalue weighted by Crippen LogP contribution is 2.39. The fourth-order valence-electron chi connectivity index (χ4n) is 1.63. The molecule has 80 valence electrons. The second-order valence-corrected chi connectivity index (χ2v) is 7.37. The van der Waals surface area contributed by atoms with Gasteiger partial charge in [-0.05, 0) is 32.0 Å². The summed E-state index contributed by atoms with van der Waals surface area (Å²) in [6, 6.07) is 4.71.